The zero-order valence-electron chi connectivity index (χ0n) is 9.42. The Labute approximate surface area is 99.6 Å². The number of aromatic nitrogens is 2. The van der Waals surface area contributed by atoms with Gasteiger partial charge in [-0.3, -0.25) is 9.97 Å². The summed E-state index contributed by atoms with van der Waals surface area (Å²) in [6.07, 6.45) is 3.73. The third-order valence-corrected chi connectivity index (χ3v) is 3.47. The van der Waals surface area contributed by atoms with E-state index in [-0.39, 0.29) is 6.04 Å². The van der Waals surface area contributed by atoms with Crippen LogP contribution in [0.4, 0.5) is 0 Å². The van der Waals surface area contributed by atoms with Crippen LogP contribution in [0.3, 0.4) is 0 Å². The molecule has 0 bridgehead atoms. The van der Waals surface area contributed by atoms with Crippen LogP contribution in [0, 0.1) is 0 Å². The van der Waals surface area contributed by atoms with E-state index in [4.69, 9.17) is 0 Å². The molecule has 16 heavy (non-hydrogen) atoms. The lowest BCUT2D eigenvalue weighted by molar-refractivity contribution is 0.491. The highest BCUT2D eigenvalue weighted by molar-refractivity contribution is 7.09. The molecular weight excluding hydrogens is 218 g/mol. The van der Waals surface area contributed by atoms with Crippen molar-refractivity contribution >= 4 is 11.3 Å². The molecule has 0 aliphatic heterocycles. The molecule has 0 aromatic carbocycles. The van der Waals surface area contributed by atoms with Gasteiger partial charge in [0.25, 0.3) is 0 Å². The first-order valence-corrected chi connectivity index (χ1v) is 6.20. The summed E-state index contributed by atoms with van der Waals surface area (Å²) in [5, 5.41) is 3.51. The van der Waals surface area contributed by atoms with E-state index in [1.807, 2.05) is 36.1 Å². The minimum Gasteiger partial charge on any atom is -0.301 e. The molecule has 0 amide bonds. The smallest absolute Gasteiger partial charge is 0.0794 e. The molecule has 2 rings (SSSR count). The van der Waals surface area contributed by atoms with Gasteiger partial charge in [0, 0.05) is 29.4 Å². The molecule has 0 saturated heterocycles. The number of nitrogens with one attached hydrogen (secondary N) is 1. The molecule has 84 valence electrons. The van der Waals surface area contributed by atoms with Crippen molar-refractivity contribution in [2.24, 2.45) is 0 Å². The summed E-state index contributed by atoms with van der Waals surface area (Å²) in [4.78, 5) is 9.68. The van der Waals surface area contributed by atoms with E-state index >= 15 is 0 Å². The van der Waals surface area contributed by atoms with Crippen molar-refractivity contribution in [1.82, 2.24) is 15.3 Å². The van der Waals surface area contributed by atoms with Gasteiger partial charge in [0.15, 0.2) is 0 Å². The molecule has 1 N–H and O–H groups in total. The van der Waals surface area contributed by atoms with E-state index in [1.54, 1.807) is 11.3 Å². The number of thiazole rings is 1. The summed E-state index contributed by atoms with van der Waals surface area (Å²) < 4.78 is 0. The van der Waals surface area contributed by atoms with E-state index in [0.29, 0.717) is 6.04 Å². The number of hydrogen-bond donors (Lipinski definition) is 1. The topological polar surface area (TPSA) is 37.8 Å². The average Bonchev–Trinajstić information content (AvgIpc) is 2.83. The third-order valence-electron chi connectivity index (χ3n) is 2.51. The molecule has 0 spiro atoms. The van der Waals surface area contributed by atoms with Gasteiger partial charge in [-0.15, -0.1) is 11.3 Å². The maximum absolute atomic E-state index is 4.34. The summed E-state index contributed by atoms with van der Waals surface area (Å²) in [5.41, 5.74) is 2.93. The van der Waals surface area contributed by atoms with E-state index in [0.717, 1.165) is 5.69 Å². The van der Waals surface area contributed by atoms with Gasteiger partial charge in [0.1, 0.15) is 0 Å². The molecule has 0 aliphatic carbocycles. The summed E-state index contributed by atoms with van der Waals surface area (Å²) in [7, 11) is 0. The van der Waals surface area contributed by atoms with Crippen LogP contribution < -0.4 is 5.32 Å². The monoisotopic (exact) mass is 233 g/mol. The molecule has 3 nitrogen and oxygen atoms in total. The van der Waals surface area contributed by atoms with Gasteiger partial charge in [-0.25, -0.2) is 0 Å². The highest BCUT2D eigenvalue weighted by atomic mass is 32.1. The lowest BCUT2D eigenvalue weighted by atomic mass is 10.2. The zero-order valence-corrected chi connectivity index (χ0v) is 10.2. The average molecular weight is 233 g/mol. The SMILES string of the molecule is CC(N[C@@H](C)c1ccccn1)c1cncs1. The van der Waals surface area contributed by atoms with Gasteiger partial charge < -0.3 is 5.32 Å². The second-order valence-electron chi connectivity index (χ2n) is 3.77. The van der Waals surface area contributed by atoms with Crippen LogP contribution in [-0.2, 0) is 0 Å². The van der Waals surface area contributed by atoms with Crippen LogP contribution in [0.15, 0.2) is 36.1 Å². The Bertz CT molecular complexity index is 413. The van der Waals surface area contributed by atoms with E-state index in [2.05, 4.69) is 29.1 Å². The Morgan fingerprint density at radius 3 is 2.75 bits per heavy atom. The Balaban J connectivity index is 2.00. The number of rotatable bonds is 4. The molecule has 4 heteroatoms. The third kappa shape index (κ3) is 2.65. The summed E-state index contributed by atoms with van der Waals surface area (Å²) >= 11 is 1.67. The molecule has 2 heterocycles. The summed E-state index contributed by atoms with van der Waals surface area (Å²) in [6, 6.07) is 6.54. The van der Waals surface area contributed by atoms with Crippen molar-refractivity contribution < 1.29 is 0 Å². The second kappa shape index (κ2) is 5.18. The number of hydrogen-bond acceptors (Lipinski definition) is 4. The van der Waals surface area contributed by atoms with Crippen molar-refractivity contribution in [1.29, 1.82) is 0 Å². The van der Waals surface area contributed by atoms with Gasteiger partial charge in [-0.1, -0.05) is 6.07 Å². The maximum atomic E-state index is 4.34. The lowest BCUT2D eigenvalue weighted by Crippen LogP contribution is -2.22. The van der Waals surface area contributed by atoms with Crippen molar-refractivity contribution in [3.05, 3.63) is 46.7 Å². The summed E-state index contributed by atoms with van der Waals surface area (Å²) in [6.45, 7) is 4.27. The van der Waals surface area contributed by atoms with E-state index < -0.39 is 0 Å². The first kappa shape index (κ1) is 11.2. The van der Waals surface area contributed by atoms with Crippen LogP contribution in [0.2, 0.25) is 0 Å². The van der Waals surface area contributed by atoms with Crippen LogP contribution in [-0.4, -0.2) is 9.97 Å². The molecule has 2 aromatic heterocycles. The van der Waals surface area contributed by atoms with Crippen LogP contribution in [0.5, 0.6) is 0 Å². The Morgan fingerprint density at radius 1 is 1.25 bits per heavy atom. The first-order chi connectivity index (χ1) is 7.77. The predicted octanol–water partition coefficient (Wildman–Crippen LogP) is 2.95. The normalized spacial score (nSPS) is 14.6. The zero-order chi connectivity index (χ0) is 11.4. The van der Waals surface area contributed by atoms with Crippen molar-refractivity contribution in [2.75, 3.05) is 0 Å². The Hall–Kier alpha value is -1.26. The van der Waals surface area contributed by atoms with Gasteiger partial charge in [-0.05, 0) is 26.0 Å². The van der Waals surface area contributed by atoms with Crippen LogP contribution in [0.25, 0.3) is 0 Å². The Morgan fingerprint density at radius 2 is 2.12 bits per heavy atom. The van der Waals surface area contributed by atoms with Crippen LogP contribution in [0.1, 0.15) is 36.5 Å². The van der Waals surface area contributed by atoms with Crippen molar-refractivity contribution in [3.63, 3.8) is 0 Å². The fourth-order valence-corrected chi connectivity index (χ4v) is 2.25. The fraction of sp³-hybridized carbons (Fsp3) is 0.333. The standard InChI is InChI=1S/C12H15N3S/c1-9(11-5-3-4-6-14-11)15-10(2)12-7-13-8-16-12/h3-10,15H,1-2H3/t9-,10?/m0/s1. The van der Waals surface area contributed by atoms with E-state index in [1.165, 1.54) is 4.88 Å². The van der Waals surface area contributed by atoms with Crippen LogP contribution >= 0.6 is 11.3 Å². The molecular formula is C12H15N3S. The highest BCUT2D eigenvalue weighted by Gasteiger charge is 2.12. The minimum atomic E-state index is 0.248. The largest absolute Gasteiger partial charge is 0.301 e. The molecule has 2 aromatic rings. The molecule has 2 atom stereocenters. The molecule has 1 unspecified atom stereocenters. The van der Waals surface area contributed by atoms with E-state index in [9.17, 15) is 0 Å². The molecule has 0 fully saturated rings. The second-order valence-corrected chi connectivity index (χ2v) is 4.69. The first-order valence-electron chi connectivity index (χ1n) is 5.32. The van der Waals surface area contributed by atoms with Crippen molar-refractivity contribution in [3.8, 4) is 0 Å². The van der Waals surface area contributed by atoms with Gasteiger partial charge in [-0.2, -0.15) is 0 Å². The minimum absolute atomic E-state index is 0.248. The van der Waals surface area contributed by atoms with Gasteiger partial charge in [0.05, 0.1) is 11.2 Å². The number of nitrogens with zero attached hydrogens (tertiary/aromatic N) is 2. The summed E-state index contributed by atoms with van der Waals surface area (Å²) in [5.74, 6) is 0. The number of pyridine rings is 1. The maximum Gasteiger partial charge on any atom is 0.0794 e. The molecule has 0 radical (unpaired) electrons. The Kier molecular flexibility index (Phi) is 3.64. The molecule has 0 aliphatic rings. The lowest BCUT2D eigenvalue weighted by Gasteiger charge is -2.18. The van der Waals surface area contributed by atoms with Crippen molar-refractivity contribution in [2.45, 2.75) is 25.9 Å². The predicted molar refractivity (Wildman–Crippen MR) is 66.3 cm³/mol. The van der Waals surface area contributed by atoms with Gasteiger partial charge >= 0.3 is 0 Å². The molecule has 0 saturated carbocycles. The van der Waals surface area contributed by atoms with Gasteiger partial charge in [0.2, 0.25) is 0 Å². The highest BCUT2D eigenvalue weighted by Crippen LogP contribution is 2.20. The quantitative estimate of drug-likeness (QED) is 0.882. The fourth-order valence-electron chi connectivity index (χ4n) is 1.61.